The van der Waals surface area contributed by atoms with Crippen LogP contribution in [0.5, 0.6) is 0 Å². The molecule has 2 heterocycles. The lowest BCUT2D eigenvalue weighted by atomic mass is 10.1. The Balaban J connectivity index is 1.95. The van der Waals surface area contributed by atoms with E-state index in [2.05, 4.69) is 10.3 Å². The SMILES string of the molecule is Nc1ccnc(NC2CCSCC2)c1. The topological polar surface area (TPSA) is 50.9 Å². The Kier molecular flexibility index (Phi) is 3.14. The molecule has 0 saturated carbocycles. The van der Waals surface area contributed by atoms with Crippen LogP contribution in [0, 0.1) is 0 Å². The Morgan fingerprint density at radius 2 is 2.21 bits per heavy atom. The minimum absolute atomic E-state index is 0.575. The van der Waals surface area contributed by atoms with Gasteiger partial charge in [-0.25, -0.2) is 4.98 Å². The summed E-state index contributed by atoms with van der Waals surface area (Å²) < 4.78 is 0. The molecule has 1 aromatic rings. The second kappa shape index (κ2) is 4.55. The number of hydrogen-bond donors (Lipinski definition) is 2. The van der Waals surface area contributed by atoms with Crippen LogP contribution in [-0.4, -0.2) is 22.5 Å². The molecule has 1 fully saturated rings. The van der Waals surface area contributed by atoms with Crippen molar-refractivity contribution in [3.63, 3.8) is 0 Å². The molecule has 0 bridgehead atoms. The molecule has 14 heavy (non-hydrogen) atoms. The summed E-state index contributed by atoms with van der Waals surface area (Å²) in [6, 6.07) is 4.27. The van der Waals surface area contributed by atoms with E-state index in [4.69, 9.17) is 5.73 Å². The van der Waals surface area contributed by atoms with Crippen molar-refractivity contribution in [3.05, 3.63) is 18.3 Å². The first-order chi connectivity index (χ1) is 6.84. The monoisotopic (exact) mass is 209 g/mol. The lowest BCUT2D eigenvalue weighted by Gasteiger charge is -2.22. The van der Waals surface area contributed by atoms with E-state index >= 15 is 0 Å². The normalized spacial score (nSPS) is 18.0. The maximum absolute atomic E-state index is 5.68. The van der Waals surface area contributed by atoms with Gasteiger partial charge in [0.2, 0.25) is 0 Å². The molecule has 0 spiro atoms. The molecule has 0 radical (unpaired) electrons. The van der Waals surface area contributed by atoms with Gasteiger partial charge in [0.15, 0.2) is 0 Å². The maximum Gasteiger partial charge on any atom is 0.128 e. The lowest BCUT2D eigenvalue weighted by molar-refractivity contribution is 0.664. The van der Waals surface area contributed by atoms with Crippen molar-refractivity contribution in [2.75, 3.05) is 22.6 Å². The van der Waals surface area contributed by atoms with Crippen LogP contribution in [-0.2, 0) is 0 Å². The second-order valence-electron chi connectivity index (χ2n) is 3.51. The highest BCUT2D eigenvalue weighted by Gasteiger charge is 2.13. The van der Waals surface area contributed by atoms with E-state index in [1.165, 1.54) is 24.3 Å². The molecular weight excluding hydrogens is 194 g/mol. The predicted molar refractivity (Wildman–Crippen MR) is 62.6 cm³/mol. The summed E-state index contributed by atoms with van der Waals surface area (Å²) in [6.45, 7) is 0. The van der Waals surface area contributed by atoms with Crippen LogP contribution in [0.1, 0.15) is 12.8 Å². The van der Waals surface area contributed by atoms with Crippen molar-refractivity contribution in [2.24, 2.45) is 0 Å². The van der Waals surface area contributed by atoms with Crippen LogP contribution in [0.15, 0.2) is 18.3 Å². The standard InChI is InChI=1S/C10H15N3S/c11-8-1-4-12-10(7-8)13-9-2-5-14-6-3-9/h1,4,7,9H,2-3,5-6H2,(H3,11,12,13). The average Bonchev–Trinajstić information content (AvgIpc) is 2.19. The Morgan fingerprint density at radius 3 is 2.93 bits per heavy atom. The number of hydrogen-bond acceptors (Lipinski definition) is 4. The number of nitrogens with zero attached hydrogens (tertiary/aromatic N) is 1. The van der Waals surface area contributed by atoms with E-state index in [1.807, 2.05) is 23.9 Å². The number of thioether (sulfide) groups is 1. The summed E-state index contributed by atoms with van der Waals surface area (Å²) in [7, 11) is 0. The molecule has 0 atom stereocenters. The molecule has 76 valence electrons. The minimum atomic E-state index is 0.575. The minimum Gasteiger partial charge on any atom is -0.399 e. The summed E-state index contributed by atoms with van der Waals surface area (Å²) in [5.74, 6) is 3.40. The second-order valence-corrected chi connectivity index (χ2v) is 4.73. The number of nitrogens with two attached hydrogens (primary N) is 1. The maximum atomic E-state index is 5.68. The number of nitrogen functional groups attached to an aromatic ring is 1. The summed E-state index contributed by atoms with van der Waals surface area (Å²) in [5.41, 5.74) is 6.45. The van der Waals surface area contributed by atoms with Crippen LogP contribution >= 0.6 is 11.8 Å². The van der Waals surface area contributed by atoms with Gasteiger partial charge >= 0.3 is 0 Å². The number of aromatic nitrogens is 1. The molecular formula is C10H15N3S. The molecule has 3 nitrogen and oxygen atoms in total. The van der Waals surface area contributed by atoms with E-state index in [9.17, 15) is 0 Å². The third-order valence-corrected chi connectivity index (χ3v) is 3.41. The number of rotatable bonds is 2. The van der Waals surface area contributed by atoms with Gasteiger partial charge in [-0.1, -0.05) is 0 Å². The van der Waals surface area contributed by atoms with Crippen molar-refractivity contribution in [2.45, 2.75) is 18.9 Å². The lowest BCUT2D eigenvalue weighted by Crippen LogP contribution is -2.24. The van der Waals surface area contributed by atoms with Crippen LogP contribution in [0.4, 0.5) is 11.5 Å². The first-order valence-electron chi connectivity index (χ1n) is 4.90. The largest absolute Gasteiger partial charge is 0.399 e. The third kappa shape index (κ3) is 2.54. The molecule has 0 amide bonds. The molecule has 1 aliphatic rings. The highest BCUT2D eigenvalue weighted by atomic mass is 32.2. The van der Waals surface area contributed by atoms with Crippen molar-refractivity contribution >= 4 is 23.3 Å². The Hall–Kier alpha value is -0.900. The Labute approximate surface area is 88.5 Å². The fraction of sp³-hybridized carbons (Fsp3) is 0.500. The fourth-order valence-electron chi connectivity index (χ4n) is 1.58. The summed E-state index contributed by atoms with van der Waals surface area (Å²) in [4.78, 5) is 4.24. The highest BCUT2D eigenvalue weighted by molar-refractivity contribution is 7.99. The Bertz CT molecular complexity index is 297. The summed E-state index contributed by atoms with van der Waals surface area (Å²) >= 11 is 2.03. The predicted octanol–water partition coefficient (Wildman–Crippen LogP) is 1.97. The van der Waals surface area contributed by atoms with Crippen LogP contribution in [0.2, 0.25) is 0 Å². The van der Waals surface area contributed by atoms with Gasteiger partial charge in [0, 0.05) is 24.0 Å². The molecule has 0 aromatic carbocycles. The van der Waals surface area contributed by atoms with Crippen molar-refractivity contribution in [3.8, 4) is 0 Å². The van der Waals surface area contributed by atoms with Crippen LogP contribution in [0.25, 0.3) is 0 Å². The van der Waals surface area contributed by atoms with Gasteiger partial charge in [-0.15, -0.1) is 0 Å². The molecule has 1 aromatic heterocycles. The molecule has 3 N–H and O–H groups in total. The van der Waals surface area contributed by atoms with E-state index in [0.717, 1.165) is 11.5 Å². The van der Waals surface area contributed by atoms with Gasteiger partial charge in [-0.05, 0) is 30.4 Å². The number of nitrogens with one attached hydrogen (secondary N) is 1. The zero-order chi connectivity index (χ0) is 9.80. The third-order valence-electron chi connectivity index (χ3n) is 2.36. The Morgan fingerprint density at radius 1 is 1.43 bits per heavy atom. The molecule has 0 unspecified atom stereocenters. The summed E-state index contributed by atoms with van der Waals surface area (Å²) in [5, 5.41) is 3.42. The van der Waals surface area contributed by atoms with E-state index in [-0.39, 0.29) is 0 Å². The molecule has 2 rings (SSSR count). The van der Waals surface area contributed by atoms with Gasteiger partial charge in [0.25, 0.3) is 0 Å². The van der Waals surface area contributed by atoms with Gasteiger partial charge < -0.3 is 11.1 Å². The average molecular weight is 209 g/mol. The number of anilines is 2. The van der Waals surface area contributed by atoms with Crippen molar-refractivity contribution in [1.82, 2.24) is 4.98 Å². The smallest absolute Gasteiger partial charge is 0.128 e. The van der Waals surface area contributed by atoms with Gasteiger partial charge in [-0.2, -0.15) is 11.8 Å². The van der Waals surface area contributed by atoms with Crippen LogP contribution < -0.4 is 11.1 Å². The van der Waals surface area contributed by atoms with E-state index in [0.29, 0.717) is 6.04 Å². The van der Waals surface area contributed by atoms with Crippen molar-refractivity contribution in [1.29, 1.82) is 0 Å². The first kappa shape index (κ1) is 9.65. The number of pyridine rings is 1. The van der Waals surface area contributed by atoms with E-state index < -0.39 is 0 Å². The molecule has 1 aliphatic heterocycles. The van der Waals surface area contributed by atoms with Gasteiger partial charge in [0.1, 0.15) is 5.82 Å². The van der Waals surface area contributed by atoms with Crippen molar-refractivity contribution < 1.29 is 0 Å². The molecule has 0 aliphatic carbocycles. The van der Waals surface area contributed by atoms with Gasteiger partial charge in [0.05, 0.1) is 0 Å². The zero-order valence-electron chi connectivity index (χ0n) is 8.07. The first-order valence-corrected chi connectivity index (χ1v) is 6.06. The van der Waals surface area contributed by atoms with Gasteiger partial charge in [-0.3, -0.25) is 0 Å². The molecule has 4 heteroatoms. The molecule has 1 saturated heterocycles. The van der Waals surface area contributed by atoms with Crippen LogP contribution in [0.3, 0.4) is 0 Å². The highest BCUT2D eigenvalue weighted by Crippen LogP contribution is 2.20. The zero-order valence-corrected chi connectivity index (χ0v) is 8.89. The summed E-state index contributed by atoms with van der Waals surface area (Å²) in [6.07, 6.45) is 4.19. The fourth-order valence-corrected chi connectivity index (χ4v) is 2.68. The quantitative estimate of drug-likeness (QED) is 0.782. The van der Waals surface area contributed by atoms with E-state index in [1.54, 1.807) is 6.20 Å².